The van der Waals surface area contributed by atoms with Gasteiger partial charge in [-0.25, -0.2) is 0 Å². The summed E-state index contributed by atoms with van der Waals surface area (Å²) < 4.78 is 4.83. The Morgan fingerprint density at radius 3 is 1.57 bits per heavy atom. The average molecular weight is 649 g/mol. The Hall–Kier alpha value is -6.64. The van der Waals surface area contributed by atoms with E-state index in [0.29, 0.717) is 0 Å². The first-order valence-electron chi connectivity index (χ1n) is 17.7. The zero-order chi connectivity index (χ0) is 33.5. The quantitative estimate of drug-likeness (QED) is 0.180. The van der Waals surface area contributed by atoms with Gasteiger partial charge in [-0.2, -0.15) is 0 Å². The second kappa shape index (κ2) is 10.9. The molecule has 2 nitrogen and oxygen atoms in total. The highest BCUT2D eigenvalue weighted by Crippen LogP contribution is 2.42. The van der Waals surface area contributed by atoms with Crippen molar-refractivity contribution in [1.82, 2.24) is 9.13 Å². The fraction of sp³-hybridized carbons (Fsp3) is 0.0204. The van der Waals surface area contributed by atoms with Gasteiger partial charge in [0.25, 0.3) is 0 Å². The van der Waals surface area contributed by atoms with E-state index >= 15 is 0 Å². The summed E-state index contributed by atoms with van der Waals surface area (Å²) in [5.74, 6) is 0. The van der Waals surface area contributed by atoms with Crippen LogP contribution in [0.25, 0.3) is 88.4 Å². The second-order valence-corrected chi connectivity index (χ2v) is 13.7. The Bertz CT molecular complexity index is 2960. The molecule has 0 N–H and O–H groups in total. The van der Waals surface area contributed by atoms with E-state index in [1.165, 1.54) is 93.8 Å². The van der Waals surface area contributed by atoms with Gasteiger partial charge in [0.05, 0.1) is 22.1 Å². The molecule has 0 saturated heterocycles. The summed E-state index contributed by atoms with van der Waals surface area (Å²) in [6.45, 7) is 0. The maximum absolute atomic E-state index is 2.43. The van der Waals surface area contributed by atoms with Crippen molar-refractivity contribution >= 4 is 43.6 Å². The fourth-order valence-electron chi connectivity index (χ4n) is 8.70. The van der Waals surface area contributed by atoms with E-state index in [0.717, 1.165) is 12.1 Å². The van der Waals surface area contributed by atoms with Gasteiger partial charge in [-0.3, -0.25) is 0 Å². The molecule has 51 heavy (non-hydrogen) atoms. The van der Waals surface area contributed by atoms with Crippen molar-refractivity contribution in [1.29, 1.82) is 0 Å². The third-order valence-electron chi connectivity index (χ3n) is 11.0. The standard InChI is InChI=1S/C49H32N2/c1-2-17-38-35(12-1)30-44-39(21-11-22-40(38)44)34-15-9-13-32(28-34)33-14-10-16-36(29-33)50-48-25-8-5-20-43(48)45-31-37(26-27-49(45)50)51-46-23-6-3-18-41(46)42-19-4-7-24-47(42)51/h1-29,31H,30H2. The van der Waals surface area contributed by atoms with Crippen molar-refractivity contribution in [3.63, 3.8) is 0 Å². The number of benzene rings is 8. The third kappa shape index (κ3) is 4.23. The summed E-state index contributed by atoms with van der Waals surface area (Å²) in [7, 11) is 0. The predicted molar refractivity (Wildman–Crippen MR) is 214 cm³/mol. The average Bonchev–Trinajstić information content (AvgIpc) is 3.86. The van der Waals surface area contributed by atoms with Crippen molar-refractivity contribution < 1.29 is 0 Å². The van der Waals surface area contributed by atoms with Crippen LogP contribution in [0, 0.1) is 0 Å². The monoisotopic (exact) mass is 648 g/mol. The third-order valence-corrected chi connectivity index (χ3v) is 11.0. The lowest BCUT2D eigenvalue weighted by Crippen LogP contribution is -1.96. The SMILES string of the molecule is c1cc(-c2cccc(-n3c4ccccc4c4cc(-n5c6ccccc6c6ccccc65)ccc43)c2)cc(-c2cccc3c2Cc2ccccc2-3)c1. The minimum absolute atomic E-state index is 0.980. The molecule has 0 saturated carbocycles. The number of aromatic nitrogens is 2. The fourth-order valence-corrected chi connectivity index (χ4v) is 8.70. The lowest BCUT2D eigenvalue weighted by atomic mass is 9.93. The summed E-state index contributed by atoms with van der Waals surface area (Å²) in [5, 5.41) is 5.05. The van der Waals surface area contributed by atoms with Gasteiger partial charge in [0.15, 0.2) is 0 Å². The van der Waals surface area contributed by atoms with Gasteiger partial charge in [0, 0.05) is 32.9 Å². The first-order chi connectivity index (χ1) is 25.3. The molecule has 0 bridgehead atoms. The van der Waals surface area contributed by atoms with E-state index in [1.54, 1.807) is 0 Å². The molecule has 2 heteroatoms. The van der Waals surface area contributed by atoms with Crippen LogP contribution in [-0.2, 0) is 6.42 Å². The molecule has 1 aliphatic rings. The molecule has 0 unspecified atom stereocenters. The number of para-hydroxylation sites is 3. The zero-order valence-corrected chi connectivity index (χ0v) is 27.9. The van der Waals surface area contributed by atoms with Crippen molar-refractivity contribution in [2.75, 3.05) is 0 Å². The van der Waals surface area contributed by atoms with E-state index in [-0.39, 0.29) is 0 Å². The van der Waals surface area contributed by atoms with Crippen molar-refractivity contribution in [3.8, 4) is 44.8 Å². The lowest BCUT2D eigenvalue weighted by molar-refractivity contribution is 1.17. The van der Waals surface area contributed by atoms with E-state index in [1.807, 2.05) is 0 Å². The van der Waals surface area contributed by atoms with Crippen molar-refractivity contribution in [3.05, 3.63) is 193 Å². The van der Waals surface area contributed by atoms with Crippen molar-refractivity contribution in [2.45, 2.75) is 6.42 Å². The first-order valence-corrected chi connectivity index (χ1v) is 17.7. The number of fused-ring (bicyclic) bond motifs is 9. The van der Waals surface area contributed by atoms with Crippen LogP contribution in [0.4, 0.5) is 0 Å². The van der Waals surface area contributed by atoms with Crippen LogP contribution >= 0.6 is 0 Å². The number of hydrogen-bond donors (Lipinski definition) is 0. The molecule has 238 valence electrons. The smallest absolute Gasteiger partial charge is 0.0542 e. The predicted octanol–water partition coefficient (Wildman–Crippen LogP) is 12.8. The van der Waals surface area contributed by atoms with E-state index in [2.05, 4.69) is 191 Å². The Morgan fingerprint density at radius 2 is 0.824 bits per heavy atom. The summed E-state index contributed by atoms with van der Waals surface area (Å²) in [5.41, 5.74) is 17.8. The second-order valence-electron chi connectivity index (χ2n) is 13.7. The topological polar surface area (TPSA) is 9.86 Å². The molecule has 0 atom stereocenters. The Balaban J connectivity index is 1.04. The highest BCUT2D eigenvalue weighted by Gasteiger charge is 2.21. The molecule has 0 spiro atoms. The molecule has 2 heterocycles. The summed E-state index contributed by atoms with van der Waals surface area (Å²) in [6, 6.07) is 66.9. The molecule has 0 amide bonds. The van der Waals surface area contributed by atoms with Crippen LogP contribution in [0.3, 0.4) is 0 Å². The van der Waals surface area contributed by atoms with Gasteiger partial charge in [0.1, 0.15) is 0 Å². The minimum atomic E-state index is 0.980. The molecule has 10 aromatic rings. The Kier molecular flexibility index (Phi) is 6.05. The van der Waals surface area contributed by atoms with Gasteiger partial charge < -0.3 is 9.13 Å². The maximum atomic E-state index is 2.43. The lowest BCUT2D eigenvalue weighted by Gasteiger charge is -2.13. The Labute approximate surface area is 296 Å². The maximum Gasteiger partial charge on any atom is 0.0542 e. The number of rotatable bonds is 4. The largest absolute Gasteiger partial charge is 0.309 e. The van der Waals surface area contributed by atoms with Crippen LogP contribution < -0.4 is 0 Å². The molecule has 0 radical (unpaired) electrons. The zero-order valence-electron chi connectivity index (χ0n) is 27.9. The Morgan fingerprint density at radius 1 is 0.314 bits per heavy atom. The van der Waals surface area contributed by atoms with Crippen molar-refractivity contribution in [2.24, 2.45) is 0 Å². The van der Waals surface area contributed by atoms with Gasteiger partial charge in [0.2, 0.25) is 0 Å². The molecule has 0 fully saturated rings. The molecule has 8 aromatic carbocycles. The van der Waals surface area contributed by atoms with Gasteiger partial charge in [-0.15, -0.1) is 0 Å². The molecule has 0 aliphatic heterocycles. The van der Waals surface area contributed by atoms with Gasteiger partial charge in [-0.05, 0) is 106 Å². The van der Waals surface area contributed by atoms with E-state index in [4.69, 9.17) is 0 Å². The van der Waals surface area contributed by atoms with E-state index < -0.39 is 0 Å². The molecule has 11 rings (SSSR count). The van der Waals surface area contributed by atoms with Crippen LogP contribution in [-0.4, -0.2) is 9.13 Å². The van der Waals surface area contributed by atoms with Gasteiger partial charge in [-0.1, -0.05) is 127 Å². The van der Waals surface area contributed by atoms with Gasteiger partial charge >= 0.3 is 0 Å². The summed E-state index contributed by atoms with van der Waals surface area (Å²) >= 11 is 0. The molecular weight excluding hydrogens is 617 g/mol. The summed E-state index contributed by atoms with van der Waals surface area (Å²) in [4.78, 5) is 0. The van der Waals surface area contributed by atoms with Crippen LogP contribution in [0.5, 0.6) is 0 Å². The molecule has 1 aliphatic carbocycles. The summed E-state index contributed by atoms with van der Waals surface area (Å²) in [6.07, 6.45) is 0.980. The molecule has 2 aromatic heterocycles. The van der Waals surface area contributed by atoms with Crippen LogP contribution in [0.2, 0.25) is 0 Å². The number of hydrogen-bond acceptors (Lipinski definition) is 0. The highest BCUT2D eigenvalue weighted by atomic mass is 15.0. The van der Waals surface area contributed by atoms with E-state index in [9.17, 15) is 0 Å². The normalized spacial score (nSPS) is 12.2. The minimum Gasteiger partial charge on any atom is -0.309 e. The number of nitrogens with zero attached hydrogens (tertiary/aromatic N) is 2. The molecular formula is C49H32N2. The van der Waals surface area contributed by atoms with Crippen LogP contribution in [0.1, 0.15) is 11.1 Å². The van der Waals surface area contributed by atoms with Crippen LogP contribution in [0.15, 0.2) is 182 Å². The highest BCUT2D eigenvalue weighted by molar-refractivity contribution is 6.12. The first kappa shape index (κ1) is 28.2.